The lowest BCUT2D eigenvalue weighted by Crippen LogP contribution is -2.21. The number of primary amides is 1. The SMILES string of the molecule is CNCCNc1nc2c(cc1C(N)=O)CCC2. The van der Waals surface area contributed by atoms with Gasteiger partial charge in [-0.25, -0.2) is 4.98 Å². The fourth-order valence-corrected chi connectivity index (χ4v) is 2.10. The van der Waals surface area contributed by atoms with Gasteiger partial charge in [0.15, 0.2) is 0 Å². The van der Waals surface area contributed by atoms with Gasteiger partial charge in [-0.2, -0.15) is 0 Å². The van der Waals surface area contributed by atoms with E-state index in [0.717, 1.165) is 43.6 Å². The second-order valence-electron chi connectivity index (χ2n) is 4.24. The largest absolute Gasteiger partial charge is 0.368 e. The third kappa shape index (κ3) is 2.55. The second-order valence-corrected chi connectivity index (χ2v) is 4.24. The Morgan fingerprint density at radius 3 is 3.00 bits per heavy atom. The number of amides is 1. The van der Waals surface area contributed by atoms with Gasteiger partial charge in [0, 0.05) is 18.8 Å². The number of anilines is 1. The molecule has 1 aromatic rings. The number of rotatable bonds is 5. The first-order chi connectivity index (χ1) is 8.22. The minimum Gasteiger partial charge on any atom is -0.368 e. The molecule has 0 aliphatic heterocycles. The van der Waals surface area contributed by atoms with Crippen molar-refractivity contribution in [1.29, 1.82) is 0 Å². The van der Waals surface area contributed by atoms with Crippen LogP contribution in [0.4, 0.5) is 5.82 Å². The van der Waals surface area contributed by atoms with Crippen LogP contribution in [0, 0.1) is 0 Å². The number of nitrogens with one attached hydrogen (secondary N) is 2. The number of aromatic nitrogens is 1. The molecule has 0 fully saturated rings. The first kappa shape index (κ1) is 11.9. The van der Waals surface area contributed by atoms with E-state index in [0.29, 0.717) is 11.4 Å². The van der Waals surface area contributed by atoms with Gasteiger partial charge in [0.2, 0.25) is 0 Å². The number of fused-ring (bicyclic) bond motifs is 1. The molecule has 1 heterocycles. The fraction of sp³-hybridized carbons (Fsp3) is 0.500. The summed E-state index contributed by atoms with van der Waals surface area (Å²) in [6.45, 7) is 1.54. The molecule has 4 N–H and O–H groups in total. The zero-order valence-electron chi connectivity index (χ0n) is 10.0. The standard InChI is InChI=1S/C12H18N4O/c1-14-5-6-15-12-9(11(13)17)7-8-3-2-4-10(8)16-12/h7,14H,2-6H2,1H3,(H2,13,17)(H,15,16). The Labute approximate surface area is 101 Å². The molecule has 0 atom stereocenters. The van der Waals surface area contributed by atoms with Crippen molar-refractivity contribution < 1.29 is 4.79 Å². The molecule has 92 valence electrons. The van der Waals surface area contributed by atoms with Crippen LogP contribution in [-0.4, -0.2) is 31.0 Å². The number of aryl methyl sites for hydroxylation is 2. The Balaban J connectivity index is 2.25. The topological polar surface area (TPSA) is 80.0 Å². The first-order valence-corrected chi connectivity index (χ1v) is 5.93. The van der Waals surface area contributed by atoms with E-state index in [-0.39, 0.29) is 0 Å². The van der Waals surface area contributed by atoms with E-state index in [9.17, 15) is 4.79 Å². The number of nitrogens with zero attached hydrogens (tertiary/aromatic N) is 1. The van der Waals surface area contributed by atoms with Crippen LogP contribution in [-0.2, 0) is 12.8 Å². The maximum absolute atomic E-state index is 11.4. The lowest BCUT2D eigenvalue weighted by molar-refractivity contribution is 0.100. The van der Waals surface area contributed by atoms with Crippen molar-refractivity contribution in [2.75, 3.05) is 25.5 Å². The molecular formula is C12H18N4O. The third-order valence-electron chi connectivity index (χ3n) is 2.98. The van der Waals surface area contributed by atoms with Crippen molar-refractivity contribution in [3.8, 4) is 0 Å². The molecule has 5 nitrogen and oxygen atoms in total. The van der Waals surface area contributed by atoms with Crippen LogP contribution in [0.15, 0.2) is 6.07 Å². The summed E-state index contributed by atoms with van der Waals surface area (Å²) < 4.78 is 0. The van der Waals surface area contributed by atoms with Crippen molar-refractivity contribution in [1.82, 2.24) is 10.3 Å². The number of hydrogen-bond acceptors (Lipinski definition) is 4. The third-order valence-corrected chi connectivity index (χ3v) is 2.98. The molecule has 0 spiro atoms. The number of carbonyl (C=O) groups excluding carboxylic acids is 1. The average Bonchev–Trinajstić information content (AvgIpc) is 2.75. The Kier molecular flexibility index (Phi) is 3.58. The molecule has 1 aliphatic rings. The summed E-state index contributed by atoms with van der Waals surface area (Å²) in [6.07, 6.45) is 3.11. The zero-order chi connectivity index (χ0) is 12.3. The van der Waals surface area contributed by atoms with Gasteiger partial charge in [-0.05, 0) is 37.9 Å². The van der Waals surface area contributed by atoms with Gasteiger partial charge >= 0.3 is 0 Å². The van der Waals surface area contributed by atoms with E-state index in [1.54, 1.807) is 0 Å². The van der Waals surface area contributed by atoms with Gasteiger partial charge < -0.3 is 16.4 Å². The van der Waals surface area contributed by atoms with Crippen LogP contribution in [0.25, 0.3) is 0 Å². The zero-order valence-corrected chi connectivity index (χ0v) is 10.0. The van der Waals surface area contributed by atoms with E-state index in [1.165, 1.54) is 0 Å². The Bertz CT molecular complexity index is 431. The van der Waals surface area contributed by atoms with Gasteiger partial charge in [-0.1, -0.05) is 0 Å². The second kappa shape index (κ2) is 5.14. The van der Waals surface area contributed by atoms with Gasteiger partial charge in [0.1, 0.15) is 5.82 Å². The van der Waals surface area contributed by atoms with Crippen LogP contribution < -0.4 is 16.4 Å². The molecule has 0 aromatic carbocycles. The van der Waals surface area contributed by atoms with Crippen LogP contribution in [0.3, 0.4) is 0 Å². The van der Waals surface area contributed by atoms with Gasteiger partial charge in [0.25, 0.3) is 5.91 Å². The summed E-state index contributed by atoms with van der Waals surface area (Å²) in [5.41, 5.74) is 8.14. The molecular weight excluding hydrogens is 216 g/mol. The number of nitrogens with two attached hydrogens (primary N) is 1. The van der Waals surface area contributed by atoms with Crippen LogP contribution in [0.1, 0.15) is 28.0 Å². The fourth-order valence-electron chi connectivity index (χ4n) is 2.10. The van der Waals surface area contributed by atoms with Gasteiger partial charge in [-0.3, -0.25) is 4.79 Å². The molecule has 5 heteroatoms. The Morgan fingerprint density at radius 1 is 1.47 bits per heavy atom. The van der Waals surface area contributed by atoms with Gasteiger partial charge in [0.05, 0.1) is 5.56 Å². The highest BCUT2D eigenvalue weighted by Crippen LogP contribution is 2.24. The average molecular weight is 234 g/mol. The molecule has 1 aliphatic carbocycles. The maximum Gasteiger partial charge on any atom is 0.252 e. The molecule has 1 aromatic heterocycles. The van der Waals surface area contributed by atoms with Crippen molar-refractivity contribution in [2.24, 2.45) is 5.73 Å². The molecule has 2 rings (SSSR count). The molecule has 0 radical (unpaired) electrons. The predicted molar refractivity (Wildman–Crippen MR) is 67.2 cm³/mol. The van der Waals surface area contributed by atoms with Crippen molar-refractivity contribution in [2.45, 2.75) is 19.3 Å². The number of likely N-dealkylation sites (N-methyl/N-ethyl adjacent to an activating group) is 1. The number of hydrogen-bond donors (Lipinski definition) is 3. The Morgan fingerprint density at radius 2 is 2.29 bits per heavy atom. The minimum absolute atomic E-state index is 0.417. The molecule has 0 saturated heterocycles. The smallest absolute Gasteiger partial charge is 0.252 e. The summed E-state index contributed by atoms with van der Waals surface area (Å²) >= 11 is 0. The van der Waals surface area contributed by atoms with Crippen LogP contribution >= 0.6 is 0 Å². The summed E-state index contributed by atoms with van der Waals surface area (Å²) in [5, 5.41) is 6.18. The molecule has 1 amide bonds. The highest BCUT2D eigenvalue weighted by Gasteiger charge is 2.18. The lowest BCUT2D eigenvalue weighted by Gasteiger charge is -2.11. The molecule has 0 saturated carbocycles. The summed E-state index contributed by atoms with van der Waals surface area (Å²) in [4.78, 5) is 15.9. The normalized spacial score (nSPS) is 13.5. The van der Waals surface area contributed by atoms with E-state index < -0.39 is 5.91 Å². The molecule has 0 unspecified atom stereocenters. The summed E-state index contributed by atoms with van der Waals surface area (Å²) in [5.74, 6) is 0.201. The quantitative estimate of drug-likeness (QED) is 0.640. The van der Waals surface area contributed by atoms with E-state index in [1.807, 2.05) is 13.1 Å². The minimum atomic E-state index is -0.417. The van der Waals surface area contributed by atoms with E-state index in [2.05, 4.69) is 15.6 Å². The van der Waals surface area contributed by atoms with Crippen molar-refractivity contribution in [3.05, 3.63) is 22.9 Å². The highest BCUT2D eigenvalue weighted by atomic mass is 16.1. The van der Waals surface area contributed by atoms with E-state index >= 15 is 0 Å². The highest BCUT2D eigenvalue weighted by molar-refractivity contribution is 5.97. The number of carbonyl (C=O) groups is 1. The lowest BCUT2D eigenvalue weighted by atomic mass is 10.1. The first-order valence-electron chi connectivity index (χ1n) is 5.93. The molecule has 17 heavy (non-hydrogen) atoms. The van der Waals surface area contributed by atoms with Crippen LogP contribution in [0.2, 0.25) is 0 Å². The Hall–Kier alpha value is -1.62. The van der Waals surface area contributed by atoms with Crippen LogP contribution in [0.5, 0.6) is 0 Å². The summed E-state index contributed by atoms with van der Waals surface area (Å²) in [6, 6.07) is 1.89. The van der Waals surface area contributed by atoms with Gasteiger partial charge in [-0.15, -0.1) is 0 Å². The van der Waals surface area contributed by atoms with E-state index in [4.69, 9.17) is 5.73 Å². The van der Waals surface area contributed by atoms with Crippen molar-refractivity contribution in [3.63, 3.8) is 0 Å². The maximum atomic E-state index is 11.4. The monoisotopic (exact) mass is 234 g/mol. The number of pyridine rings is 1. The molecule has 0 bridgehead atoms. The summed E-state index contributed by atoms with van der Waals surface area (Å²) in [7, 11) is 1.88. The van der Waals surface area contributed by atoms with Crippen molar-refractivity contribution >= 4 is 11.7 Å². The predicted octanol–water partition coefficient (Wildman–Crippen LogP) is 0.300.